The third kappa shape index (κ3) is 11.5. The van der Waals surface area contributed by atoms with Crippen molar-refractivity contribution >= 4 is 5.97 Å². The first-order valence-corrected chi connectivity index (χ1v) is 12.2. The lowest BCUT2D eigenvalue weighted by molar-refractivity contribution is 0.0696. The summed E-state index contributed by atoms with van der Waals surface area (Å²) in [6.45, 7) is 7.61. The molecule has 4 nitrogen and oxygen atoms in total. The second kappa shape index (κ2) is 17.0. The van der Waals surface area contributed by atoms with Gasteiger partial charge in [-0.25, -0.2) is 4.79 Å². The molecule has 0 saturated carbocycles. The quantitative estimate of drug-likeness (QED) is 0.231. The molecule has 0 fully saturated rings. The molecule has 1 aromatic rings. The SMILES string of the molecule is CCCCCCCCCOc1cc(C(=O)O)cc(C)c1OCCCCCCCCC. The maximum Gasteiger partial charge on any atom is 0.335 e. The molecule has 30 heavy (non-hydrogen) atoms. The molecule has 0 aromatic heterocycles. The lowest BCUT2D eigenvalue weighted by Gasteiger charge is -2.16. The van der Waals surface area contributed by atoms with Crippen LogP contribution in [0.15, 0.2) is 12.1 Å². The average molecular weight is 421 g/mol. The van der Waals surface area contributed by atoms with E-state index in [1.54, 1.807) is 12.1 Å². The van der Waals surface area contributed by atoms with Crippen LogP contribution < -0.4 is 9.47 Å². The molecule has 4 heteroatoms. The molecule has 0 saturated heterocycles. The summed E-state index contributed by atoms with van der Waals surface area (Å²) in [5.74, 6) is 0.341. The number of carbonyl (C=O) groups is 1. The summed E-state index contributed by atoms with van der Waals surface area (Å²) in [6.07, 6.45) is 17.2. The van der Waals surface area contributed by atoms with Gasteiger partial charge in [-0.05, 0) is 37.5 Å². The van der Waals surface area contributed by atoms with Gasteiger partial charge in [-0.2, -0.15) is 0 Å². The summed E-state index contributed by atoms with van der Waals surface area (Å²) in [6, 6.07) is 3.28. The Morgan fingerprint density at radius 1 is 0.733 bits per heavy atom. The van der Waals surface area contributed by atoms with Crippen LogP contribution in [0.3, 0.4) is 0 Å². The molecule has 0 aliphatic heterocycles. The fraction of sp³-hybridized carbons (Fsp3) is 0.731. The molecule has 1 aromatic carbocycles. The van der Waals surface area contributed by atoms with E-state index in [4.69, 9.17) is 9.47 Å². The summed E-state index contributed by atoms with van der Waals surface area (Å²) < 4.78 is 12.0. The van der Waals surface area contributed by atoms with Crippen LogP contribution in [0.4, 0.5) is 0 Å². The highest BCUT2D eigenvalue weighted by Gasteiger charge is 2.14. The van der Waals surface area contributed by atoms with Gasteiger partial charge in [-0.3, -0.25) is 0 Å². The van der Waals surface area contributed by atoms with Gasteiger partial charge in [0.2, 0.25) is 0 Å². The highest BCUT2D eigenvalue weighted by Crippen LogP contribution is 2.33. The van der Waals surface area contributed by atoms with Gasteiger partial charge < -0.3 is 14.6 Å². The van der Waals surface area contributed by atoms with E-state index in [0.717, 1.165) is 24.8 Å². The molecular weight excluding hydrogens is 376 g/mol. The minimum Gasteiger partial charge on any atom is -0.490 e. The summed E-state index contributed by atoms with van der Waals surface area (Å²) in [5.41, 5.74) is 1.08. The van der Waals surface area contributed by atoms with Crippen molar-refractivity contribution in [3.05, 3.63) is 23.3 Å². The van der Waals surface area contributed by atoms with Crippen molar-refractivity contribution < 1.29 is 19.4 Å². The molecule has 0 aliphatic rings. The fourth-order valence-electron chi connectivity index (χ4n) is 3.63. The molecule has 1 N–H and O–H groups in total. The highest BCUT2D eigenvalue weighted by atomic mass is 16.5. The number of benzene rings is 1. The van der Waals surface area contributed by atoms with Gasteiger partial charge in [0.25, 0.3) is 0 Å². The van der Waals surface area contributed by atoms with Crippen molar-refractivity contribution in [1.29, 1.82) is 0 Å². The maximum atomic E-state index is 11.4. The number of hydrogen-bond donors (Lipinski definition) is 1. The van der Waals surface area contributed by atoms with Gasteiger partial charge in [0.15, 0.2) is 11.5 Å². The number of ether oxygens (including phenoxy) is 2. The monoisotopic (exact) mass is 420 g/mol. The van der Waals surface area contributed by atoms with Crippen molar-refractivity contribution in [3.63, 3.8) is 0 Å². The van der Waals surface area contributed by atoms with Crippen molar-refractivity contribution in [3.8, 4) is 11.5 Å². The predicted molar refractivity (Wildman–Crippen MR) is 125 cm³/mol. The topological polar surface area (TPSA) is 55.8 Å². The van der Waals surface area contributed by atoms with E-state index in [-0.39, 0.29) is 5.56 Å². The number of carboxylic acids is 1. The fourth-order valence-corrected chi connectivity index (χ4v) is 3.63. The van der Waals surface area contributed by atoms with Crippen molar-refractivity contribution in [1.82, 2.24) is 0 Å². The number of hydrogen-bond acceptors (Lipinski definition) is 3. The Balaban J connectivity index is 2.47. The molecular formula is C26H44O4. The summed E-state index contributed by atoms with van der Waals surface area (Å²) in [5, 5.41) is 9.38. The lowest BCUT2D eigenvalue weighted by atomic mass is 10.1. The number of unbranched alkanes of at least 4 members (excludes halogenated alkanes) is 12. The molecule has 0 aliphatic carbocycles. The summed E-state index contributed by atoms with van der Waals surface area (Å²) >= 11 is 0. The standard InChI is InChI=1S/C26H44O4/c1-4-6-8-10-12-14-16-18-29-24-21-23(26(27)28)20-22(3)25(24)30-19-17-15-13-11-9-7-5-2/h20-21H,4-19H2,1-3H3,(H,27,28). The minimum absolute atomic E-state index is 0.255. The summed E-state index contributed by atoms with van der Waals surface area (Å²) in [4.78, 5) is 11.4. The Kier molecular flexibility index (Phi) is 14.9. The third-order valence-electron chi connectivity index (χ3n) is 5.49. The first-order valence-electron chi connectivity index (χ1n) is 12.2. The van der Waals surface area contributed by atoms with E-state index in [1.165, 1.54) is 70.6 Å². The molecule has 0 amide bonds. The largest absolute Gasteiger partial charge is 0.490 e. The molecule has 0 spiro atoms. The van der Waals surface area contributed by atoms with Crippen LogP contribution in [0.25, 0.3) is 0 Å². The molecule has 0 atom stereocenters. The van der Waals surface area contributed by atoms with Crippen molar-refractivity contribution in [2.24, 2.45) is 0 Å². The first-order chi connectivity index (χ1) is 14.6. The molecule has 0 unspecified atom stereocenters. The predicted octanol–water partition coefficient (Wildman–Crippen LogP) is 7.95. The third-order valence-corrected chi connectivity index (χ3v) is 5.49. The van der Waals surface area contributed by atoms with Crippen LogP contribution in [-0.4, -0.2) is 24.3 Å². The second-order valence-corrected chi connectivity index (χ2v) is 8.37. The normalized spacial score (nSPS) is 10.9. The van der Waals surface area contributed by atoms with E-state index in [0.29, 0.717) is 24.7 Å². The lowest BCUT2D eigenvalue weighted by Crippen LogP contribution is -2.06. The van der Waals surface area contributed by atoms with Crippen molar-refractivity contribution in [2.45, 2.75) is 111 Å². The average Bonchev–Trinajstić information content (AvgIpc) is 2.73. The Morgan fingerprint density at radius 2 is 1.20 bits per heavy atom. The van der Waals surface area contributed by atoms with E-state index < -0.39 is 5.97 Å². The smallest absolute Gasteiger partial charge is 0.335 e. The van der Waals surface area contributed by atoms with Crippen LogP contribution in [-0.2, 0) is 0 Å². The van der Waals surface area contributed by atoms with Gasteiger partial charge in [0, 0.05) is 0 Å². The zero-order valence-corrected chi connectivity index (χ0v) is 19.6. The van der Waals surface area contributed by atoms with Crippen LogP contribution in [0.5, 0.6) is 11.5 Å². The Labute approximate surface area is 184 Å². The number of rotatable bonds is 19. The van der Waals surface area contributed by atoms with E-state index >= 15 is 0 Å². The number of aromatic carboxylic acids is 1. The zero-order chi connectivity index (χ0) is 22.0. The first kappa shape index (κ1) is 26.3. The minimum atomic E-state index is -0.933. The van der Waals surface area contributed by atoms with E-state index in [9.17, 15) is 9.90 Å². The molecule has 0 radical (unpaired) electrons. The number of aryl methyl sites for hydroxylation is 1. The Hall–Kier alpha value is -1.71. The summed E-state index contributed by atoms with van der Waals surface area (Å²) in [7, 11) is 0. The highest BCUT2D eigenvalue weighted by molar-refractivity contribution is 5.89. The number of carboxylic acid groups (broad SMARTS) is 1. The zero-order valence-electron chi connectivity index (χ0n) is 19.6. The van der Waals surface area contributed by atoms with Crippen molar-refractivity contribution in [2.75, 3.05) is 13.2 Å². The van der Waals surface area contributed by atoms with Crippen LogP contribution in [0.1, 0.15) is 120 Å². The molecule has 1 rings (SSSR count). The van der Waals surface area contributed by atoms with Crippen LogP contribution in [0, 0.1) is 6.92 Å². The van der Waals surface area contributed by atoms with Gasteiger partial charge in [-0.1, -0.05) is 90.9 Å². The van der Waals surface area contributed by atoms with Crippen LogP contribution in [0.2, 0.25) is 0 Å². The van der Waals surface area contributed by atoms with E-state index in [1.807, 2.05) is 6.92 Å². The van der Waals surface area contributed by atoms with E-state index in [2.05, 4.69) is 13.8 Å². The van der Waals surface area contributed by atoms with Gasteiger partial charge >= 0.3 is 5.97 Å². The maximum absolute atomic E-state index is 11.4. The second-order valence-electron chi connectivity index (χ2n) is 8.37. The van der Waals surface area contributed by atoms with Gasteiger partial charge in [0.05, 0.1) is 18.8 Å². The Morgan fingerprint density at radius 3 is 1.70 bits per heavy atom. The molecule has 0 heterocycles. The van der Waals surface area contributed by atoms with Gasteiger partial charge in [-0.15, -0.1) is 0 Å². The van der Waals surface area contributed by atoms with Gasteiger partial charge in [0.1, 0.15) is 0 Å². The van der Waals surface area contributed by atoms with Crippen LogP contribution >= 0.6 is 0 Å². The molecule has 172 valence electrons. The molecule has 0 bridgehead atoms. The Bertz CT molecular complexity index is 583.